The normalized spacial score (nSPS) is 32.6. The van der Waals surface area contributed by atoms with Gasteiger partial charge in [-0.2, -0.15) is 0 Å². The van der Waals surface area contributed by atoms with Crippen LogP contribution in [0.1, 0.15) is 43.7 Å². The van der Waals surface area contributed by atoms with E-state index in [2.05, 4.69) is 0 Å². The molecule has 2 fully saturated rings. The van der Waals surface area contributed by atoms with Gasteiger partial charge < -0.3 is 14.4 Å². The summed E-state index contributed by atoms with van der Waals surface area (Å²) >= 11 is 0. The Bertz CT molecular complexity index is 1050. The van der Waals surface area contributed by atoms with E-state index in [0.29, 0.717) is 17.7 Å². The van der Waals surface area contributed by atoms with Gasteiger partial charge in [-0.1, -0.05) is 18.6 Å². The van der Waals surface area contributed by atoms with Gasteiger partial charge in [-0.15, -0.1) is 0 Å². The summed E-state index contributed by atoms with van der Waals surface area (Å²) in [5, 5.41) is 0. The van der Waals surface area contributed by atoms with Gasteiger partial charge in [0.05, 0.1) is 36.1 Å². The summed E-state index contributed by atoms with van der Waals surface area (Å²) in [5.41, 5.74) is 1.13. The van der Waals surface area contributed by atoms with Crippen molar-refractivity contribution in [3.63, 3.8) is 0 Å². The van der Waals surface area contributed by atoms with Crippen molar-refractivity contribution in [1.82, 2.24) is 4.90 Å². The van der Waals surface area contributed by atoms with Crippen LogP contribution in [0.15, 0.2) is 35.6 Å². The number of carbonyl (C=O) groups excluding carboxylic acids is 2. The molecular weight excluding hydrogens is 406 g/mol. The number of hydrogen-bond donors (Lipinski definition) is 0. The standard InChI is InChI=1S/C22H25NO6S/c1-28-15-6-4-5-13(11-15)19-18-20(24)16-7-2-3-8-17(16)29-21(18)22(25)23(19)14-9-10-30(26,27)12-14/h4-6,11,14,16-17,19H,2-3,7-10,12H2,1H3. The Balaban J connectivity index is 1.62. The van der Waals surface area contributed by atoms with Crippen LogP contribution in [0.25, 0.3) is 0 Å². The van der Waals surface area contributed by atoms with Crippen LogP contribution in [-0.2, 0) is 24.2 Å². The molecule has 3 heterocycles. The molecule has 4 atom stereocenters. The van der Waals surface area contributed by atoms with Gasteiger partial charge in [0.15, 0.2) is 21.4 Å². The highest BCUT2D eigenvalue weighted by atomic mass is 32.2. The minimum atomic E-state index is -3.20. The fraction of sp³-hybridized carbons (Fsp3) is 0.545. The SMILES string of the molecule is COc1cccc(C2C3=C(OC4CCCCC4C3=O)C(=O)N2C2CCS(=O)(=O)C2)c1. The molecule has 1 aliphatic carbocycles. The predicted molar refractivity (Wildman–Crippen MR) is 109 cm³/mol. The maximum Gasteiger partial charge on any atom is 0.290 e. The first kappa shape index (κ1) is 19.6. The zero-order valence-electron chi connectivity index (χ0n) is 16.9. The molecule has 8 heteroatoms. The number of ether oxygens (including phenoxy) is 2. The largest absolute Gasteiger partial charge is 0.497 e. The quantitative estimate of drug-likeness (QED) is 0.729. The first-order valence-corrected chi connectivity index (χ1v) is 12.3. The summed E-state index contributed by atoms with van der Waals surface area (Å²) in [4.78, 5) is 28.6. The molecule has 4 aliphatic rings. The van der Waals surface area contributed by atoms with Crippen LogP contribution in [0.3, 0.4) is 0 Å². The topological polar surface area (TPSA) is 90.0 Å². The van der Waals surface area contributed by atoms with Crippen molar-refractivity contribution in [1.29, 1.82) is 0 Å². The first-order valence-electron chi connectivity index (χ1n) is 10.5. The van der Waals surface area contributed by atoms with Crippen molar-refractivity contribution in [2.75, 3.05) is 18.6 Å². The molecule has 0 spiro atoms. The third-order valence-corrected chi connectivity index (χ3v) is 8.56. The van der Waals surface area contributed by atoms with Crippen molar-refractivity contribution in [2.45, 2.75) is 50.3 Å². The number of methoxy groups -OCH3 is 1. The Hall–Kier alpha value is -2.35. The van der Waals surface area contributed by atoms with Crippen molar-refractivity contribution < 1.29 is 27.5 Å². The van der Waals surface area contributed by atoms with Crippen LogP contribution < -0.4 is 4.74 Å². The lowest BCUT2D eigenvalue weighted by Gasteiger charge is -2.35. The van der Waals surface area contributed by atoms with Gasteiger partial charge >= 0.3 is 0 Å². The molecule has 0 aromatic heterocycles. The molecule has 1 aromatic carbocycles. The lowest BCUT2D eigenvalue weighted by atomic mass is 9.77. The van der Waals surface area contributed by atoms with Gasteiger partial charge in [0.2, 0.25) is 0 Å². The molecule has 1 aromatic rings. The number of carbonyl (C=O) groups is 2. The zero-order valence-corrected chi connectivity index (χ0v) is 17.7. The smallest absolute Gasteiger partial charge is 0.290 e. The summed E-state index contributed by atoms with van der Waals surface area (Å²) in [7, 11) is -1.64. The average Bonchev–Trinajstić information content (AvgIpc) is 3.25. The number of hydrogen-bond acceptors (Lipinski definition) is 6. The van der Waals surface area contributed by atoms with Gasteiger partial charge in [-0.25, -0.2) is 8.42 Å². The highest BCUT2D eigenvalue weighted by Crippen LogP contribution is 2.48. The van der Waals surface area contributed by atoms with Crippen molar-refractivity contribution in [3.05, 3.63) is 41.2 Å². The van der Waals surface area contributed by atoms with E-state index in [9.17, 15) is 18.0 Å². The molecule has 0 bridgehead atoms. The summed E-state index contributed by atoms with van der Waals surface area (Å²) in [5.74, 6) is 0.0964. The highest BCUT2D eigenvalue weighted by Gasteiger charge is 2.54. The Kier molecular flexibility index (Phi) is 4.65. The fourth-order valence-corrected chi connectivity index (χ4v) is 7.08. The van der Waals surface area contributed by atoms with Crippen LogP contribution in [-0.4, -0.2) is 55.8 Å². The molecule has 30 heavy (non-hydrogen) atoms. The molecule has 7 nitrogen and oxygen atoms in total. The van der Waals surface area contributed by atoms with Crippen LogP contribution in [0.4, 0.5) is 0 Å². The number of sulfone groups is 1. The monoisotopic (exact) mass is 431 g/mol. The van der Waals surface area contributed by atoms with Crippen LogP contribution >= 0.6 is 0 Å². The molecular formula is C22H25NO6S. The third kappa shape index (κ3) is 3.04. The Morgan fingerprint density at radius 2 is 1.93 bits per heavy atom. The van der Waals surface area contributed by atoms with Gasteiger partial charge in [-0.05, 0) is 43.4 Å². The van der Waals surface area contributed by atoms with E-state index in [-0.39, 0.29) is 41.0 Å². The van der Waals surface area contributed by atoms with Gasteiger partial charge in [0.25, 0.3) is 5.91 Å². The van der Waals surface area contributed by atoms with Crippen molar-refractivity contribution in [3.8, 4) is 5.75 Å². The number of Topliss-reactive ketones (excluding diaryl/α,β-unsaturated/α-hetero) is 1. The van der Waals surface area contributed by atoms with E-state index in [1.807, 2.05) is 18.2 Å². The second-order valence-corrected chi connectivity index (χ2v) is 10.8. The second-order valence-electron chi connectivity index (χ2n) is 8.60. The molecule has 0 radical (unpaired) electrons. The lowest BCUT2D eigenvalue weighted by molar-refractivity contribution is -0.136. The van der Waals surface area contributed by atoms with Gasteiger partial charge in [0, 0.05) is 6.04 Å². The lowest BCUT2D eigenvalue weighted by Crippen LogP contribution is -2.41. The fourth-order valence-electron chi connectivity index (χ4n) is 5.37. The molecule has 0 N–H and O–H groups in total. The average molecular weight is 432 g/mol. The van der Waals surface area contributed by atoms with Gasteiger partial charge in [-0.3, -0.25) is 9.59 Å². The molecule has 160 valence electrons. The minimum Gasteiger partial charge on any atom is -0.497 e. The molecule has 1 saturated carbocycles. The number of amides is 1. The van der Waals surface area contributed by atoms with E-state index in [1.54, 1.807) is 18.1 Å². The Morgan fingerprint density at radius 1 is 1.13 bits per heavy atom. The first-order chi connectivity index (χ1) is 14.4. The van der Waals surface area contributed by atoms with Crippen LogP contribution in [0.2, 0.25) is 0 Å². The molecule has 1 amide bonds. The predicted octanol–water partition coefficient (Wildman–Crippen LogP) is 2.18. The molecule has 1 saturated heterocycles. The number of benzene rings is 1. The van der Waals surface area contributed by atoms with E-state index >= 15 is 0 Å². The zero-order chi connectivity index (χ0) is 21.0. The summed E-state index contributed by atoms with van der Waals surface area (Å²) in [6.07, 6.45) is 3.60. The highest BCUT2D eigenvalue weighted by molar-refractivity contribution is 7.91. The van der Waals surface area contributed by atoms with Crippen molar-refractivity contribution >= 4 is 21.5 Å². The number of nitrogens with zero attached hydrogens (tertiary/aromatic N) is 1. The van der Waals surface area contributed by atoms with Crippen LogP contribution in [0.5, 0.6) is 5.75 Å². The summed E-state index contributed by atoms with van der Waals surface area (Å²) in [6, 6.07) is 6.17. The van der Waals surface area contributed by atoms with Crippen molar-refractivity contribution in [2.24, 2.45) is 5.92 Å². The molecule has 4 unspecified atom stereocenters. The van der Waals surface area contributed by atoms with Gasteiger partial charge in [0.1, 0.15) is 11.9 Å². The van der Waals surface area contributed by atoms with E-state index in [1.165, 1.54) is 0 Å². The summed E-state index contributed by atoms with van der Waals surface area (Å²) < 4.78 is 35.8. The van der Waals surface area contributed by atoms with E-state index in [4.69, 9.17) is 9.47 Å². The van der Waals surface area contributed by atoms with E-state index in [0.717, 1.165) is 31.2 Å². The number of fused-ring (bicyclic) bond motifs is 1. The minimum absolute atomic E-state index is 0.0227. The maximum atomic E-state index is 13.5. The maximum absolute atomic E-state index is 13.5. The number of ketones is 1. The Morgan fingerprint density at radius 3 is 2.67 bits per heavy atom. The number of rotatable bonds is 3. The third-order valence-electron chi connectivity index (χ3n) is 6.81. The second kappa shape index (κ2) is 7.11. The Labute approximate surface area is 175 Å². The van der Waals surface area contributed by atoms with Crippen LogP contribution in [0, 0.1) is 5.92 Å². The van der Waals surface area contributed by atoms with E-state index < -0.39 is 21.9 Å². The molecule has 3 aliphatic heterocycles. The molecule has 5 rings (SSSR count). The summed E-state index contributed by atoms with van der Waals surface area (Å²) in [6.45, 7) is 0.